The molecule has 1 saturated heterocycles. The molecule has 1 fully saturated rings. The molecule has 0 spiro atoms. The van der Waals surface area contributed by atoms with Crippen molar-refractivity contribution in [3.8, 4) is 11.1 Å². The number of halogens is 1. The van der Waals surface area contributed by atoms with Gasteiger partial charge in [0.25, 0.3) is 0 Å². The van der Waals surface area contributed by atoms with Gasteiger partial charge in [-0.3, -0.25) is 0 Å². The topological polar surface area (TPSA) is 97.5 Å². The third-order valence-electron chi connectivity index (χ3n) is 6.01. The fourth-order valence-electron chi connectivity index (χ4n) is 4.37. The number of hydrogen-bond donors (Lipinski definition) is 1. The van der Waals surface area contributed by atoms with Gasteiger partial charge in [-0.15, -0.1) is 0 Å². The molecule has 180 valence electrons. The summed E-state index contributed by atoms with van der Waals surface area (Å²) >= 11 is 6.82. The average molecular weight is 491 g/mol. The molecule has 2 aromatic carbocycles. The molecule has 5 rings (SSSR count). The third kappa shape index (κ3) is 4.66. The normalized spacial score (nSPS) is 14.5. The minimum absolute atomic E-state index is 0.288. The molecule has 3 heterocycles. The number of benzene rings is 2. The van der Waals surface area contributed by atoms with Crippen LogP contribution in [0, 0.1) is 0 Å². The van der Waals surface area contributed by atoms with Crippen LogP contribution in [-0.2, 0) is 4.74 Å². The fraction of sp³-hybridized carbons (Fsp3) is 0.308. The van der Waals surface area contributed by atoms with Gasteiger partial charge in [0, 0.05) is 53.7 Å². The molecule has 2 N–H and O–H groups in total. The number of nitrogens with zero attached hydrogens (tertiary/aromatic N) is 5. The number of amides is 1. The number of anilines is 2. The Kier molecular flexibility index (Phi) is 5.84. The van der Waals surface area contributed by atoms with Crippen molar-refractivity contribution in [1.29, 1.82) is 0 Å². The summed E-state index contributed by atoms with van der Waals surface area (Å²) in [5.74, 6) is 1.28. The Balaban J connectivity index is 1.45. The molecular weight excluding hydrogens is 464 g/mol. The average Bonchev–Trinajstić information content (AvgIpc) is 2.82. The number of ether oxygens (including phenoxy) is 1. The first kappa shape index (κ1) is 23.1. The number of hydrogen-bond acceptors (Lipinski definition) is 7. The number of pyridine rings is 1. The highest BCUT2D eigenvalue weighted by atomic mass is 35.5. The predicted molar refractivity (Wildman–Crippen MR) is 140 cm³/mol. The van der Waals surface area contributed by atoms with E-state index in [1.165, 1.54) is 0 Å². The zero-order chi connectivity index (χ0) is 24.7. The maximum Gasteiger partial charge on any atom is 0.410 e. The van der Waals surface area contributed by atoms with Crippen LogP contribution in [-0.4, -0.2) is 57.7 Å². The quantitative estimate of drug-likeness (QED) is 0.415. The van der Waals surface area contributed by atoms with Gasteiger partial charge in [-0.1, -0.05) is 29.8 Å². The highest BCUT2D eigenvalue weighted by Gasteiger charge is 2.27. The number of carbonyl (C=O) groups excluding carboxylic acids is 1. The second kappa shape index (κ2) is 8.85. The van der Waals surface area contributed by atoms with Gasteiger partial charge in [0.2, 0.25) is 0 Å². The zero-order valence-electron chi connectivity index (χ0n) is 20.0. The molecule has 1 aliphatic rings. The van der Waals surface area contributed by atoms with Crippen LogP contribution in [0.4, 0.5) is 16.4 Å². The molecule has 0 atom stereocenters. The zero-order valence-corrected chi connectivity index (χ0v) is 20.7. The predicted octanol–water partition coefficient (Wildman–Crippen LogP) is 5.14. The van der Waals surface area contributed by atoms with E-state index in [0.717, 1.165) is 38.6 Å². The van der Waals surface area contributed by atoms with Crippen LogP contribution in [0.2, 0.25) is 5.02 Å². The SMILES string of the molecule is CC(C)(C)OC(=O)N1CCN(c2ncnc3cc(-c4cccc5cc(N)ncc45)c(Cl)cc23)CC1. The van der Waals surface area contributed by atoms with Gasteiger partial charge in [0.1, 0.15) is 23.6 Å². The van der Waals surface area contributed by atoms with Gasteiger partial charge < -0.3 is 20.3 Å². The van der Waals surface area contributed by atoms with Crippen molar-refractivity contribution in [2.45, 2.75) is 26.4 Å². The van der Waals surface area contributed by atoms with Crippen molar-refractivity contribution in [3.63, 3.8) is 0 Å². The number of fused-ring (bicyclic) bond motifs is 2. The van der Waals surface area contributed by atoms with Crippen molar-refractivity contribution >= 4 is 51.0 Å². The first-order valence-corrected chi connectivity index (χ1v) is 11.9. The lowest BCUT2D eigenvalue weighted by atomic mass is 9.98. The highest BCUT2D eigenvalue weighted by molar-refractivity contribution is 6.34. The molecule has 35 heavy (non-hydrogen) atoms. The molecule has 0 aliphatic carbocycles. The lowest BCUT2D eigenvalue weighted by Crippen LogP contribution is -2.50. The van der Waals surface area contributed by atoms with Crippen LogP contribution in [0.1, 0.15) is 20.8 Å². The molecular formula is C26H27ClN6O2. The molecule has 0 radical (unpaired) electrons. The first-order valence-electron chi connectivity index (χ1n) is 11.5. The Bertz CT molecular complexity index is 1430. The number of rotatable bonds is 2. The second-order valence-corrected chi connectivity index (χ2v) is 10.0. The van der Waals surface area contributed by atoms with E-state index in [-0.39, 0.29) is 6.09 Å². The maximum absolute atomic E-state index is 12.4. The Hall–Kier alpha value is -3.65. The molecule has 0 saturated carbocycles. The van der Waals surface area contributed by atoms with Crippen LogP contribution in [0.3, 0.4) is 0 Å². The number of aromatic nitrogens is 3. The lowest BCUT2D eigenvalue weighted by Gasteiger charge is -2.36. The molecule has 9 heteroatoms. The van der Waals surface area contributed by atoms with Crippen LogP contribution in [0.25, 0.3) is 32.8 Å². The summed E-state index contributed by atoms with van der Waals surface area (Å²) < 4.78 is 5.51. The minimum Gasteiger partial charge on any atom is -0.444 e. The van der Waals surface area contributed by atoms with Gasteiger partial charge >= 0.3 is 6.09 Å². The van der Waals surface area contributed by atoms with Crippen molar-refractivity contribution in [2.75, 3.05) is 36.8 Å². The van der Waals surface area contributed by atoms with Crippen LogP contribution in [0.5, 0.6) is 0 Å². The summed E-state index contributed by atoms with van der Waals surface area (Å²) in [6.45, 7) is 8.00. The van der Waals surface area contributed by atoms with E-state index >= 15 is 0 Å². The van der Waals surface area contributed by atoms with E-state index in [4.69, 9.17) is 22.1 Å². The third-order valence-corrected chi connectivity index (χ3v) is 6.32. The summed E-state index contributed by atoms with van der Waals surface area (Å²) in [4.78, 5) is 29.7. The van der Waals surface area contributed by atoms with Gasteiger partial charge in [-0.25, -0.2) is 19.7 Å². The van der Waals surface area contributed by atoms with Crippen molar-refractivity contribution in [1.82, 2.24) is 19.9 Å². The van der Waals surface area contributed by atoms with Gasteiger partial charge in [0.05, 0.1) is 5.52 Å². The monoisotopic (exact) mass is 490 g/mol. The van der Waals surface area contributed by atoms with Gasteiger partial charge in [-0.05, 0) is 49.9 Å². The Morgan fingerprint density at radius 1 is 1.00 bits per heavy atom. The van der Waals surface area contributed by atoms with Crippen molar-refractivity contribution in [3.05, 3.63) is 53.9 Å². The van der Waals surface area contributed by atoms with Gasteiger partial charge in [-0.2, -0.15) is 0 Å². The molecule has 2 aromatic heterocycles. The summed E-state index contributed by atoms with van der Waals surface area (Å²) in [5.41, 5.74) is 7.99. The number of nitrogens with two attached hydrogens (primary N) is 1. The van der Waals surface area contributed by atoms with Gasteiger partial charge in [0.15, 0.2) is 0 Å². The molecule has 1 aliphatic heterocycles. The van der Waals surface area contributed by atoms with E-state index in [1.807, 2.05) is 57.2 Å². The lowest BCUT2D eigenvalue weighted by molar-refractivity contribution is 0.0240. The standard InChI is InChI=1S/C26H27ClN6O2/c1-26(2,3)35-25(34)33-9-7-32(8-10-33)24-19-12-21(27)18(13-22(19)30-15-31-24)17-6-4-5-16-11-23(28)29-14-20(16)17/h4-6,11-15H,7-10H2,1-3H3,(H2,28,29). The van der Waals surface area contributed by atoms with Crippen LogP contribution >= 0.6 is 11.6 Å². The molecule has 0 bridgehead atoms. The minimum atomic E-state index is -0.516. The first-order chi connectivity index (χ1) is 16.7. The van der Waals surface area contributed by atoms with Crippen LogP contribution < -0.4 is 10.6 Å². The Morgan fingerprint density at radius 2 is 1.77 bits per heavy atom. The summed E-state index contributed by atoms with van der Waals surface area (Å²) in [6, 6.07) is 11.8. The summed E-state index contributed by atoms with van der Waals surface area (Å²) in [7, 11) is 0. The van der Waals surface area contributed by atoms with E-state index in [1.54, 1.807) is 17.4 Å². The number of piperazine rings is 1. The van der Waals surface area contributed by atoms with Crippen molar-refractivity contribution in [2.24, 2.45) is 0 Å². The molecule has 0 unspecified atom stereocenters. The van der Waals surface area contributed by atoms with E-state index in [2.05, 4.69) is 19.9 Å². The Morgan fingerprint density at radius 3 is 2.51 bits per heavy atom. The highest BCUT2D eigenvalue weighted by Crippen LogP contribution is 2.37. The molecule has 1 amide bonds. The summed E-state index contributed by atoms with van der Waals surface area (Å²) in [6.07, 6.45) is 3.06. The Labute approximate surface area is 208 Å². The second-order valence-electron chi connectivity index (χ2n) is 9.64. The fourth-order valence-corrected chi connectivity index (χ4v) is 4.64. The van der Waals surface area contributed by atoms with E-state index in [9.17, 15) is 4.79 Å². The van der Waals surface area contributed by atoms with E-state index < -0.39 is 5.60 Å². The summed E-state index contributed by atoms with van der Waals surface area (Å²) in [5, 5.41) is 3.44. The van der Waals surface area contributed by atoms with Crippen molar-refractivity contribution < 1.29 is 9.53 Å². The largest absolute Gasteiger partial charge is 0.444 e. The number of carbonyl (C=O) groups is 1. The van der Waals surface area contributed by atoms with Crippen LogP contribution in [0.15, 0.2) is 48.9 Å². The smallest absolute Gasteiger partial charge is 0.410 e. The molecule has 8 nitrogen and oxygen atoms in total. The van der Waals surface area contributed by atoms with E-state index in [0.29, 0.717) is 37.0 Å². The number of nitrogen functional groups attached to an aromatic ring is 1. The molecule has 4 aromatic rings. The maximum atomic E-state index is 12.4.